The number of allylic oxidation sites excluding steroid dienone is 1. The molecule has 7 heteroatoms. The second-order valence-electron chi connectivity index (χ2n) is 5.41. The van der Waals surface area contributed by atoms with E-state index in [2.05, 4.69) is 11.1 Å². The molecular weight excluding hydrogens is 391 g/mol. The topological polar surface area (TPSA) is 55.1 Å². The molecule has 4 nitrogen and oxygen atoms in total. The largest absolute Gasteiger partial charge is 0.454 e. The van der Waals surface area contributed by atoms with Crippen molar-refractivity contribution < 1.29 is 9.47 Å². The molecule has 0 saturated carbocycles. The van der Waals surface area contributed by atoms with Crippen molar-refractivity contribution in [2.75, 3.05) is 6.79 Å². The van der Waals surface area contributed by atoms with E-state index in [1.807, 2.05) is 29.6 Å². The van der Waals surface area contributed by atoms with E-state index in [0.717, 1.165) is 11.3 Å². The molecule has 1 aliphatic rings. The lowest BCUT2D eigenvalue weighted by Gasteiger charge is -2.02. The molecule has 3 aromatic rings. The quantitative estimate of drug-likeness (QED) is 0.512. The van der Waals surface area contributed by atoms with Crippen LogP contribution in [0.5, 0.6) is 11.5 Å². The summed E-state index contributed by atoms with van der Waals surface area (Å²) in [5, 5.41) is 13.1. The number of benzene rings is 2. The lowest BCUT2D eigenvalue weighted by atomic mass is 10.1. The smallest absolute Gasteiger partial charge is 0.231 e. The van der Waals surface area contributed by atoms with E-state index in [0.29, 0.717) is 37.7 Å². The van der Waals surface area contributed by atoms with Crippen LogP contribution >= 0.6 is 34.5 Å². The molecule has 2 heterocycles. The first-order valence-corrected chi connectivity index (χ1v) is 9.21. The summed E-state index contributed by atoms with van der Waals surface area (Å²) >= 11 is 13.9. The number of aromatic nitrogens is 1. The Bertz CT molecular complexity index is 1070. The maximum atomic E-state index is 9.58. The summed E-state index contributed by atoms with van der Waals surface area (Å²) in [6.07, 6.45) is 1.69. The van der Waals surface area contributed by atoms with Crippen molar-refractivity contribution in [3.63, 3.8) is 0 Å². The van der Waals surface area contributed by atoms with Crippen LogP contribution in [-0.4, -0.2) is 11.8 Å². The normalized spacial score (nSPS) is 12.9. The third-order valence-corrected chi connectivity index (χ3v) is 5.33. The van der Waals surface area contributed by atoms with Crippen molar-refractivity contribution in [1.82, 2.24) is 4.98 Å². The molecule has 1 aliphatic heterocycles. The van der Waals surface area contributed by atoms with Gasteiger partial charge in [0.15, 0.2) is 11.5 Å². The third kappa shape index (κ3) is 3.15. The number of rotatable bonds is 3. The molecule has 4 rings (SSSR count). The maximum Gasteiger partial charge on any atom is 0.231 e. The third-order valence-electron chi connectivity index (χ3n) is 3.80. The van der Waals surface area contributed by atoms with Gasteiger partial charge in [0.2, 0.25) is 6.79 Å². The average Bonchev–Trinajstić information content (AvgIpc) is 3.29. The van der Waals surface area contributed by atoms with Gasteiger partial charge in [0.05, 0.1) is 16.3 Å². The number of ether oxygens (including phenoxy) is 2. The highest BCUT2D eigenvalue weighted by molar-refractivity contribution is 7.11. The Kier molecular flexibility index (Phi) is 4.56. The molecule has 0 N–H and O–H groups in total. The van der Waals surface area contributed by atoms with Gasteiger partial charge in [0, 0.05) is 22.0 Å². The molecule has 0 fully saturated rings. The van der Waals surface area contributed by atoms with Crippen molar-refractivity contribution >= 4 is 46.2 Å². The van der Waals surface area contributed by atoms with Gasteiger partial charge < -0.3 is 9.47 Å². The molecule has 0 bridgehead atoms. The first kappa shape index (κ1) is 16.9. The summed E-state index contributed by atoms with van der Waals surface area (Å²) in [7, 11) is 0. The minimum atomic E-state index is 0.164. The number of hydrogen-bond donors (Lipinski definition) is 0. The van der Waals surface area contributed by atoms with Crippen LogP contribution in [0.3, 0.4) is 0 Å². The van der Waals surface area contributed by atoms with Crippen molar-refractivity contribution in [3.8, 4) is 28.8 Å². The van der Waals surface area contributed by atoms with Gasteiger partial charge in [0.25, 0.3) is 0 Å². The zero-order valence-corrected chi connectivity index (χ0v) is 15.5. The summed E-state index contributed by atoms with van der Waals surface area (Å²) < 4.78 is 10.7. The van der Waals surface area contributed by atoms with E-state index < -0.39 is 0 Å². The van der Waals surface area contributed by atoms with Gasteiger partial charge in [-0.25, -0.2) is 4.98 Å². The number of halogens is 2. The Morgan fingerprint density at radius 2 is 1.92 bits per heavy atom. The molecule has 0 atom stereocenters. The van der Waals surface area contributed by atoms with E-state index in [1.54, 1.807) is 18.2 Å². The minimum absolute atomic E-state index is 0.164. The minimum Gasteiger partial charge on any atom is -0.454 e. The molecule has 26 heavy (non-hydrogen) atoms. The van der Waals surface area contributed by atoms with Crippen molar-refractivity contribution in [3.05, 3.63) is 62.4 Å². The lowest BCUT2D eigenvalue weighted by molar-refractivity contribution is 0.174. The molecule has 0 saturated heterocycles. The van der Waals surface area contributed by atoms with Gasteiger partial charge in [0.1, 0.15) is 11.1 Å². The fourth-order valence-electron chi connectivity index (χ4n) is 2.53. The molecule has 2 aromatic carbocycles. The zero-order chi connectivity index (χ0) is 18.1. The maximum absolute atomic E-state index is 9.58. The number of nitriles is 1. The monoisotopic (exact) mass is 400 g/mol. The van der Waals surface area contributed by atoms with Gasteiger partial charge in [-0.1, -0.05) is 41.4 Å². The first-order chi connectivity index (χ1) is 12.7. The van der Waals surface area contributed by atoms with Crippen LogP contribution in [0.2, 0.25) is 10.0 Å². The Labute approximate surface area is 163 Å². The van der Waals surface area contributed by atoms with Crippen molar-refractivity contribution in [2.45, 2.75) is 0 Å². The van der Waals surface area contributed by atoms with Crippen LogP contribution in [0, 0.1) is 11.3 Å². The standard InChI is InChI=1S/C19H10Cl2N2O2S/c20-14-4-2-1-3-13(14)16-9-26-19(23-16)12(8-22)5-11-6-17-18(7-15(11)21)25-10-24-17/h1-7,9H,10H2. The van der Waals surface area contributed by atoms with Crippen LogP contribution < -0.4 is 9.47 Å². The summed E-state index contributed by atoms with van der Waals surface area (Å²) in [6.45, 7) is 0.164. The molecule has 0 radical (unpaired) electrons. The molecular formula is C19H10Cl2N2O2S. The Balaban J connectivity index is 1.72. The molecule has 1 aromatic heterocycles. The van der Waals surface area contributed by atoms with Crippen molar-refractivity contribution in [2.24, 2.45) is 0 Å². The molecule has 0 spiro atoms. The van der Waals surface area contributed by atoms with E-state index >= 15 is 0 Å². The summed E-state index contributed by atoms with van der Waals surface area (Å²) in [5.41, 5.74) is 2.64. The van der Waals surface area contributed by atoms with Crippen LogP contribution in [0.1, 0.15) is 10.6 Å². The number of hydrogen-bond acceptors (Lipinski definition) is 5. The first-order valence-electron chi connectivity index (χ1n) is 7.57. The van der Waals surface area contributed by atoms with Crippen LogP contribution in [-0.2, 0) is 0 Å². The summed E-state index contributed by atoms with van der Waals surface area (Å²) in [5.74, 6) is 1.20. The highest BCUT2D eigenvalue weighted by atomic mass is 35.5. The zero-order valence-electron chi connectivity index (χ0n) is 13.2. The van der Waals surface area contributed by atoms with Gasteiger partial charge in [-0.15, -0.1) is 11.3 Å². The molecule has 0 amide bonds. The Morgan fingerprint density at radius 3 is 2.69 bits per heavy atom. The fourth-order valence-corrected chi connectivity index (χ4v) is 3.76. The van der Waals surface area contributed by atoms with Crippen LogP contribution in [0.15, 0.2) is 41.8 Å². The van der Waals surface area contributed by atoms with E-state index in [9.17, 15) is 5.26 Å². The van der Waals surface area contributed by atoms with Crippen molar-refractivity contribution in [1.29, 1.82) is 5.26 Å². The van der Waals surface area contributed by atoms with E-state index in [-0.39, 0.29) is 6.79 Å². The second-order valence-corrected chi connectivity index (χ2v) is 7.09. The summed E-state index contributed by atoms with van der Waals surface area (Å²) in [6, 6.07) is 13.1. The number of thiazole rings is 1. The molecule has 128 valence electrons. The predicted octanol–water partition coefficient (Wildman–Crippen LogP) is 5.91. The predicted molar refractivity (Wildman–Crippen MR) is 104 cm³/mol. The van der Waals surface area contributed by atoms with E-state index in [4.69, 9.17) is 32.7 Å². The SMILES string of the molecule is N#CC(=Cc1cc2c(cc1Cl)OCO2)c1nc(-c2ccccc2Cl)cs1. The highest BCUT2D eigenvalue weighted by Gasteiger charge is 2.17. The number of fused-ring (bicyclic) bond motifs is 1. The highest BCUT2D eigenvalue weighted by Crippen LogP contribution is 2.38. The fraction of sp³-hybridized carbons (Fsp3) is 0.0526. The van der Waals surface area contributed by atoms with E-state index in [1.165, 1.54) is 11.3 Å². The molecule has 0 aliphatic carbocycles. The summed E-state index contributed by atoms with van der Waals surface area (Å²) in [4.78, 5) is 4.56. The Morgan fingerprint density at radius 1 is 1.15 bits per heavy atom. The average molecular weight is 401 g/mol. The number of nitrogens with zero attached hydrogens (tertiary/aromatic N) is 2. The van der Waals surface area contributed by atoms with Gasteiger partial charge in [-0.2, -0.15) is 5.26 Å². The van der Waals surface area contributed by atoms with Gasteiger partial charge in [-0.05, 0) is 23.8 Å². The van der Waals surface area contributed by atoms with Crippen LogP contribution in [0.25, 0.3) is 22.9 Å². The van der Waals surface area contributed by atoms with Gasteiger partial charge >= 0.3 is 0 Å². The lowest BCUT2D eigenvalue weighted by Crippen LogP contribution is -1.92. The van der Waals surface area contributed by atoms with Crippen LogP contribution in [0.4, 0.5) is 0 Å². The Hall–Kier alpha value is -2.52. The van der Waals surface area contributed by atoms with Gasteiger partial charge in [-0.3, -0.25) is 0 Å². The second kappa shape index (κ2) is 7.00. The molecule has 0 unspecified atom stereocenters.